The van der Waals surface area contributed by atoms with Crippen LogP contribution in [0.15, 0.2) is 67.0 Å². The summed E-state index contributed by atoms with van der Waals surface area (Å²) in [5, 5.41) is 20.2. The van der Waals surface area contributed by atoms with Crippen LogP contribution in [0.25, 0.3) is 11.1 Å². The Kier molecular flexibility index (Phi) is 10.6. The van der Waals surface area contributed by atoms with Crippen molar-refractivity contribution in [1.29, 1.82) is 0 Å². The highest BCUT2D eigenvalue weighted by Gasteiger charge is 2.25. The minimum absolute atomic E-state index is 0.0785. The Morgan fingerprint density at radius 1 is 1.02 bits per heavy atom. The van der Waals surface area contributed by atoms with Gasteiger partial charge in [0.05, 0.1) is 25.2 Å². The number of rotatable bonds is 11. The number of aliphatic carboxylic acids is 1. The molecule has 0 spiro atoms. The Bertz CT molecular complexity index is 1310. The minimum Gasteiger partial charge on any atom is -0.490 e. The number of nitrogens with zero attached hydrogens (tertiary/aromatic N) is 2. The van der Waals surface area contributed by atoms with Crippen molar-refractivity contribution in [3.8, 4) is 16.9 Å². The average molecular weight is 575 g/mol. The van der Waals surface area contributed by atoms with Crippen LogP contribution in [0, 0.1) is 0 Å². The molecule has 0 aliphatic heterocycles. The molecule has 224 valence electrons. The minimum atomic E-state index is -0.886. The molecule has 8 heteroatoms. The fourth-order valence-corrected chi connectivity index (χ4v) is 5.11. The summed E-state index contributed by atoms with van der Waals surface area (Å²) >= 11 is 0. The SMILES string of the molecule is CC(C)(C)OC(=O)N(CCc1ccc(-c2ccc(CC(=O)O)c(OC3CCCCC3)c2)cc1)C[C@H](O)c1cccnc1. The van der Waals surface area contributed by atoms with Gasteiger partial charge in [-0.1, -0.05) is 48.9 Å². The second-order valence-corrected chi connectivity index (χ2v) is 11.9. The number of aliphatic hydroxyl groups is 1. The van der Waals surface area contributed by atoms with E-state index in [1.54, 1.807) is 24.5 Å². The quantitative estimate of drug-likeness (QED) is 0.266. The van der Waals surface area contributed by atoms with Gasteiger partial charge in [-0.25, -0.2) is 4.79 Å². The summed E-state index contributed by atoms with van der Waals surface area (Å²) in [6.45, 7) is 5.91. The van der Waals surface area contributed by atoms with Gasteiger partial charge in [-0.15, -0.1) is 0 Å². The molecule has 1 amide bonds. The van der Waals surface area contributed by atoms with E-state index in [1.807, 2.05) is 63.2 Å². The highest BCUT2D eigenvalue weighted by molar-refractivity contribution is 5.73. The third-order valence-corrected chi connectivity index (χ3v) is 7.33. The van der Waals surface area contributed by atoms with Crippen molar-refractivity contribution in [1.82, 2.24) is 9.88 Å². The molecule has 1 saturated carbocycles. The third kappa shape index (κ3) is 9.31. The first-order chi connectivity index (χ1) is 20.1. The number of carbonyl (C=O) groups is 2. The van der Waals surface area contributed by atoms with E-state index in [1.165, 1.54) is 11.3 Å². The van der Waals surface area contributed by atoms with E-state index in [0.29, 0.717) is 29.8 Å². The summed E-state index contributed by atoms with van der Waals surface area (Å²) in [6, 6.07) is 17.4. The fraction of sp³-hybridized carbons (Fsp3) is 0.441. The predicted octanol–water partition coefficient (Wildman–Crippen LogP) is 6.60. The van der Waals surface area contributed by atoms with Gasteiger partial charge in [0, 0.05) is 30.1 Å². The van der Waals surface area contributed by atoms with Crippen LogP contribution in [0.4, 0.5) is 4.79 Å². The number of carboxylic acids is 1. The Morgan fingerprint density at radius 2 is 1.74 bits per heavy atom. The normalized spacial score (nSPS) is 14.7. The molecule has 1 heterocycles. The van der Waals surface area contributed by atoms with Gasteiger partial charge >= 0.3 is 12.1 Å². The molecule has 1 fully saturated rings. The molecule has 3 aromatic rings. The second-order valence-electron chi connectivity index (χ2n) is 11.9. The first-order valence-corrected chi connectivity index (χ1v) is 14.7. The van der Waals surface area contributed by atoms with Crippen LogP contribution in [0.2, 0.25) is 0 Å². The second kappa shape index (κ2) is 14.3. The zero-order valence-electron chi connectivity index (χ0n) is 24.8. The van der Waals surface area contributed by atoms with Crippen molar-refractivity contribution < 1.29 is 29.3 Å². The lowest BCUT2D eigenvalue weighted by atomic mass is 9.97. The van der Waals surface area contributed by atoms with Crippen molar-refractivity contribution >= 4 is 12.1 Å². The van der Waals surface area contributed by atoms with Gasteiger partial charge in [0.15, 0.2) is 0 Å². The smallest absolute Gasteiger partial charge is 0.410 e. The van der Waals surface area contributed by atoms with Gasteiger partial charge in [-0.05, 0) is 81.7 Å². The molecule has 2 aromatic carbocycles. The summed E-state index contributed by atoms with van der Waals surface area (Å²) in [4.78, 5) is 30.0. The van der Waals surface area contributed by atoms with Gasteiger partial charge in [0.2, 0.25) is 0 Å². The Balaban J connectivity index is 1.46. The Hall–Kier alpha value is -3.91. The summed E-state index contributed by atoms with van der Waals surface area (Å²) in [5.74, 6) is -0.236. The topological polar surface area (TPSA) is 109 Å². The molecule has 0 bridgehead atoms. The van der Waals surface area contributed by atoms with E-state index in [4.69, 9.17) is 9.47 Å². The lowest BCUT2D eigenvalue weighted by molar-refractivity contribution is -0.136. The van der Waals surface area contributed by atoms with Crippen LogP contribution in [-0.4, -0.2) is 57.0 Å². The van der Waals surface area contributed by atoms with Crippen molar-refractivity contribution in [2.45, 2.75) is 83.5 Å². The van der Waals surface area contributed by atoms with E-state index in [0.717, 1.165) is 42.4 Å². The van der Waals surface area contributed by atoms with Gasteiger partial charge in [-0.2, -0.15) is 0 Å². The molecule has 42 heavy (non-hydrogen) atoms. The Labute approximate surface area is 248 Å². The summed E-state index contributed by atoms with van der Waals surface area (Å²) in [7, 11) is 0. The van der Waals surface area contributed by atoms with Crippen molar-refractivity contribution in [2.75, 3.05) is 13.1 Å². The average Bonchev–Trinajstić information content (AvgIpc) is 2.96. The molecule has 1 aromatic heterocycles. The standard InChI is InChI=1S/C34H42N2O6/c1-34(2,3)42-33(40)36(23-30(37)28-8-7-18-35-22-28)19-17-24-11-13-25(14-12-24)26-15-16-27(21-32(38)39)31(20-26)41-29-9-5-4-6-10-29/h7-8,11-16,18,20,22,29-30,37H,4-6,9-10,17,19,21,23H2,1-3H3,(H,38,39)/t30-/m0/s1. The van der Waals surface area contributed by atoms with Crippen LogP contribution in [0.5, 0.6) is 5.75 Å². The number of benzene rings is 2. The van der Waals surface area contributed by atoms with Crippen molar-refractivity contribution in [2.24, 2.45) is 0 Å². The first kappa shape index (κ1) is 31.0. The summed E-state index contributed by atoms with van der Waals surface area (Å²) in [5.41, 5.74) is 3.64. The van der Waals surface area contributed by atoms with Gasteiger partial charge in [0.1, 0.15) is 11.4 Å². The highest BCUT2D eigenvalue weighted by atomic mass is 16.6. The number of ether oxygens (including phenoxy) is 2. The molecular formula is C34H42N2O6. The van der Waals surface area contributed by atoms with Gasteiger partial charge in [-0.3, -0.25) is 9.78 Å². The largest absolute Gasteiger partial charge is 0.490 e. The molecule has 1 aliphatic carbocycles. The number of carboxylic acid groups (broad SMARTS) is 1. The number of hydrogen-bond acceptors (Lipinski definition) is 6. The summed E-state index contributed by atoms with van der Waals surface area (Å²) < 4.78 is 11.9. The van der Waals surface area contributed by atoms with Gasteiger partial charge < -0.3 is 24.6 Å². The summed E-state index contributed by atoms with van der Waals surface area (Å²) in [6.07, 6.45) is 7.95. The highest BCUT2D eigenvalue weighted by Crippen LogP contribution is 2.31. The first-order valence-electron chi connectivity index (χ1n) is 14.7. The Morgan fingerprint density at radius 3 is 2.38 bits per heavy atom. The monoisotopic (exact) mass is 574 g/mol. The maximum Gasteiger partial charge on any atom is 0.410 e. The third-order valence-electron chi connectivity index (χ3n) is 7.33. The zero-order chi connectivity index (χ0) is 30.1. The number of aliphatic hydroxyl groups excluding tert-OH is 1. The van der Waals surface area contributed by atoms with E-state index in [-0.39, 0.29) is 19.1 Å². The molecule has 1 aliphatic rings. The molecule has 0 radical (unpaired) electrons. The van der Waals surface area contributed by atoms with E-state index in [9.17, 15) is 19.8 Å². The zero-order valence-corrected chi connectivity index (χ0v) is 24.8. The van der Waals surface area contributed by atoms with Crippen LogP contribution in [0.1, 0.15) is 75.7 Å². The van der Waals surface area contributed by atoms with Crippen LogP contribution < -0.4 is 4.74 Å². The number of pyridine rings is 1. The lowest BCUT2D eigenvalue weighted by Gasteiger charge is -2.29. The maximum absolute atomic E-state index is 13.0. The molecule has 8 nitrogen and oxygen atoms in total. The van der Waals surface area contributed by atoms with Crippen molar-refractivity contribution in [3.05, 3.63) is 83.7 Å². The number of hydrogen-bond donors (Lipinski definition) is 2. The lowest BCUT2D eigenvalue weighted by Crippen LogP contribution is -2.40. The molecular weight excluding hydrogens is 532 g/mol. The van der Waals surface area contributed by atoms with Crippen LogP contribution in [-0.2, 0) is 22.4 Å². The molecule has 0 unspecified atom stereocenters. The predicted molar refractivity (Wildman–Crippen MR) is 161 cm³/mol. The maximum atomic E-state index is 13.0. The number of amides is 1. The number of carbonyl (C=O) groups excluding carboxylic acids is 1. The molecule has 2 N–H and O–H groups in total. The van der Waals surface area contributed by atoms with E-state index in [2.05, 4.69) is 4.98 Å². The van der Waals surface area contributed by atoms with Gasteiger partial charge in [0.25, 0.3) is 0 Å². The van der Waals surface area contributed by atoms with Crippen molar-refractivity contribution in [3.63, 3.8) is 0 Å². The van der Waals surface area contributed by atoms with Crippen LogP contribution >= 0.6 is 0 Å². The molecule has 0 saturated heterocycles. The number of aromatic nitrogens is 1. The van der Waals surface area contributed by atoms with E-state index >= 15 is 0 Å². The van der Waals surface area contributed by atoms with E-state index < -0.39 is 23.8 Å². The fourth-order valence-electron chi connectivity index (χ4n) is 5.11. The molecule has 4 rings (SSSR count). The van der Waals surface area contributed by atoms with Crippen LogP contribution in [0.3, 0.4) is 0 Å². The molecule has 1 atom stereocenters.